The van der Waals surface area contributed by atoms with Crippen molar-refractivity contribution in [1.29, 1.82) is 0 Å². The average molecular weight is 360 g/mol. The summed E-state index contributed by atoms with van der Waals surface area (Å²) in [6, 6.07) is 6.41. The maximum absolute atomic E-state index is 11.2. The predicted molar refractivity (Wildman–Crippen MR) is 100 cm³/mol. The lowest BCUT2D eigenvalue weighted by Crippen LogP contribution is -2.52. The van der Waals surface area contributed by atoms with Gasteiger partial charge in [0.2, 0.25) is 0 Å². The number of benzene rings is 1. The highest BCUT2D eigenvalue weighted by Gasteiger charge is 2.57. The molecule has 0 aromatic heterocycles. The Hall–Kier alpha value is -1.10. The molecule has 1 aromatic carbocycles. The maximum atomic E-state index is 11.2. The van der Waals surface area contributed by atoms with Crippen LogP contribution in [0.3, 0.4) is 0 Å². The third kappa shape index (κ3) is 2.87. The monoisotopic (exact) mass is 360 g/mol. The smallest absolute Gasteiger partial charge is 0.119 e. The average Bonchev–Trinajstić information content (AvgIpc) is 3.04. The lowest BCUT2D eigenvalue weighted by Gasteiger charge is -2.54. The molecule has 1 N–H and O–H groups in total. The van der Waals surface area contributed by atoms with Gasteiger partial charge in [-0.1, -0.05) is 19.4 Å². The van der Waals surface area contributed by atoms with Gasteiger partial charge >= 0.3 is 0 Å². The van der Waals surface area contributed by atoms with Crippen LogP contribution in [0.1, 0.15) is 56.6 Å². The molecule has 144 valence electrons. The summed E-state index contributed by atoms with van der Waals surface area (Å²) in [6.45, 7) is 5.50. The molecule has 4 nitrogen and oxygen atoms in total. The molecule has 0 spiro atoms. The molecule has 3 aliphatic rings. The summed E-state index contributed by atoms with van der Waals surface area (Å²) in [5.41, 5.74) is 2.77. The zero-order valence-electron chi connectivity index (χ0n) is 16.2. The number of aliphatic hydroxyl groups excluding tert-OH is 1. The summed E-state index contributed by atoms with van der Waals surface area (Å²) in [5.74, 6) is 2.85. The summed E-state index contributed by atoms with van der Waals surface area (Å²) < 4.78 is 5.43. The quantitative estimate of drug-likeness (QED) is 0.488. The fourth-order valence-corrected chi connectivity index (χ4v) is 6.41. The predicted octanol–water partition coefficient (Wildman–Crippen LogP) is 4.11. The van der Waals surface area contributed by atoms with Crippen LogP contribution in [0.25, 0.3) is 0 Å². The van der Waals surface area contributed by atoms with Gasteiger partial charge in [-0.25, -0.2) is 9.78 Å². The Kier molecular flexibility index (Phi) is 5.02. The van der Waals surface area contributed by atoms with Gasteiger partial charge in [0.15, 0.2) is 0 Å². The van der Waals surface area contributed by atoms with Gasteiger partial charge in [-0.3, -0.25) is 0 Å². The lowest BCUT2D eigenvalue weighted by atomic mass is 9.52. The number of aliphatic hydroxyl groups is 1. The Morgan fingerprint density at radius 3 is 2.88 bits per heavy atom. The molecule has 6 atom stereocenters. The molecule has 2 fully saturated rings. The Bertz CT molecular complexity index is 645. The third-order valence-corrected chi connectivity index (χ3v) is 7.34. The topological polar surface area (TPSA) is 47.9 Å². The van der Waals surface area contributed by atoms with Crippen molar-refractivity contribution in [2.75, 3.05) is 20.3 Å². The zero-order valence-corrected chi connectivity index (χ0v) is 16.2. The van der Waals surface area contributed by atoms with Crippen LogP contribution in [0.4, 0.5) is 0 Å². The number of rotatable bonds is 5. The van der Waals surface area contributed by atoms with Crippen molar-refractivity contribution < 1.29 is 19.6 Å². The number of methoxy groups -OCH3 is 1. The summed E-state index contributed by atoms with van der Waals surface area (Å²) in [7, 11) is 1.72. The van der Waals surface area contributed by atoms with Crippen molar-refractivity contribution in [3.05, 3.63) is 29.3 Å². The fourth-order valence-electron chi connectivity index (χ4n) is 6.41. The van der Waals surface area contributed by atoms with Gasteiger partial charge in [0.25, 0.3) is 0 Å². The van der Waals surface area contributed by atoms with Gasteiger partial charge in [0.1, 0.15) is 5.75 Å². The zero-order chi connectivity index (χ0) is 18.3. The van der Waals surface area contributed by atoms with Crippen LogP contribution in [0.2, 0.25) is 0 Å². The highest BCUT2D eigenvalue weighted by Crippen LogP contribution is 2.62. The fraction of sp³-hybridized carbons (Fsp3) is 0.727. The van der Waals surface area contributed by atoms with Crippen molar-refractivity contribution in [3.8, 4) is 5.75 Å². The van der Waals surface area contributed by atoms with Crippen LogP contribution >= 0.6 is 0 Å². The number of ether oxygens (including phenoxy) is 1. The molecule has 0 radical (unpaired) electrons. The largest absolute Gasteiger partial charge is 0.497 e. The van der Waals surface area contributed by atoms with Crippen LogP contribution in [0, 0.1) is 23.2 Å². The molecule has 0 aliphatic heterocycles. The third-order valence-electron chi connectivity index (χ3n) is 7.34. The Morgan fingerprint density at radius 1 is 1.27 bits per heavy atom. The second-order valence-corrected chi connectivity index (χ2v) is 8.65. The molecule has 1 aromatic rings. The van der Waals surface area contributed by atoms with Crippen LogP contribution in [0.15, 0.2) is 18.2 Å². The lowest BCUT2D eigenvalue weighted by molar-refractivity contribution is -0.315. The minimum Gasteiger partial charge on any atom is -0.497 e. The molecule has 0 saturated heterocycles. The Labute approximate surface area is 156 Å². The van der Waals surface area contributed by atoms with E-state index in [0.717, 1.165) is 25.0 Å². The standard InChI is InChI=1S/C22H32O4/c1-4-25-26-13-22-9-5-6-18(22)20-14(2)10-15-11-16(24-3)7-8-17(15)21(20)19(23)12-22/h7-8,11,14,18-21,23H,4-6,9-10,12-13H2,1-3H3/t14-,18+,19+,20+,21+,22+/m1/s1. The van der Waals surface area contributed by atoms with E-state index in [4.69, 9.17) is 14.5 Å². The van der Waals surface area contributed by atoms with Crippen molar-refractivity contribution in [2.24, 2.45) is 23.2 Å². The van der Waals surface area contributed by atoms with E-state index in [1.54, 1.807) is 7.11 Å². The normalized spacial score (nSPS) is 38.4. The van der Waals surface area contributed by atoms with E-state index in [2.05, 4.69) is 19.1 Å². The molecule has 0 unspecified atom stereocenters. The second kappa shape index (κ2) is 7.14. The van der Waals surface area contributed by atoms with Crippen molar-refractivity contribution >= 4 is 0 Å². The van der Waals surface area contributed by atoms with Gasteiger partial charge in [-0.05, 0) is 73.6 Å². The minimum absolute atomic E-state index is 0.0774. The Morgan fingerprint density at radius 2 is 2.12 bits per heavy atom. The number of fused-ring (bicyclic) bond motifs is 5. The van der Waals surface area contributed by atoms with Gasteiger partial charge < -0.3 is 9.84 Å². The van der Waals surface area contributed by atoms with E-state index in [0.29, 0.717) is 31.0 Å². The molecule has 2 saturated carbocycles. The van der Waals surface area contributed by atoms with E-state index in [-0.39, 0.29) is 17.4 Å². The summed E-state index contributed by atoms with van der Waals surface area (Å²) in [6.07, 6.45) is 5.21. The van der Waals surface area contributed by atoms with Crippen molar-refractivity contribution in [1.82, 2.24) is 0 Å². The highest BCUT2D eigenvalue weighted by molar-refractivity contribution is 5.42. The van der Waals surface area contributed by atoms with Gasteiger partial charge in [-0.2, -0.15) is 0 Å². The van der Waals surface area contributed by atoms with Crippen LogP contribution in [-0.2, 0) is 16.2 Å². The van der Waals surface area contributed by atoms with Gasteiger partial charge in [-0.15, -0.1) is 0 Å². The van der Waals surface area contributed by atoms with E-state index >= 15 is 0 Å². The van der Waals surface area contributed by atoms with Crippen LogP contribution < -0.4 is 4.74 Å². The SMILES string of the molecule is CCOOC[C@@]12CCC[C@H]1[C@H]1[C@@H](c3ccc(OC)cc3C[C@H]1C)[C@@H](O)C2. The first kappa shape index (κ1) is 18.3. The van der Waals surface area contributed by atoms with Crippen molar-refractivity contribution in [2.45, 2.75) is 58.0 Å². The molecule has 4 heteroatoms. The Balaban J connectivity index is 1.67. The molecular weight excluding hydrogens is 328 g/mol. The minimum atomic E-state index is -0.311. The van der Waals surface area contributed by atoms with E-state index < -0.39 is 0 Å². The van der Waals surface area contributed by atoms with E-state index in [1.165, 1.54) is 24.0 Å². The van der Waals surface area contributed by atoms with E-state index in [9.17, 15) is 5.11 Å². The number of hydrogen-bond donors (Lipinski definition) is 1. The molecule has 0 amide bonds. The highest BCUT2D eigenvalue weighted by atomic mass is 17.2. The molecule has 0 heterocycles. The number of hydrogen-bond acceptors (Lipinski definition) is 4. The van der Waals surface area contributed by atoms with Crippen LogP contribution in [0.5, 0.6) is 5.75 Å². The maximum Gasteiger partial charge on any atom is 0.119 e. The molecule has 3 aliphatic carbocycles. The summed E-state index contributed by atoms with van der Waals surface area (Å²) in [5, 5.41) is 11.2. The van der Waals surface area contributed by atoms with Gasteiger partial charge in [0.05, 0.1) is 26.4 Å². The first-order valence-electron chi connectivity index (χ1n) is 10.2. The summed E-state index contributed by atoms with van der Waals surface area (Å²) >= 11 is 0. The molecule has 0 bridgehead atoms. The first-order valence-corrected chi connectivity index (χ1v) is 10.2. The van der Waals surface area contributed by atoms with E-state index in [1.807, 2.05) is 13.0 Å². The van der Waals surface area contributed by atoms with Crippen LogP contribution in [-0.4, -0.2) is 31.5 Å². The molecule has 4 rings (SSSR count). The molecule has 26 heavy (non-hydrogen) atoms. The second-order valence-electron chi connectivity index (χ2n) is 8.65. The summed E-state index contributed by atoms with van der Waals surface area (Å²) in [4.78, 5) is 10.8. The molecular formula is C22H32O4. The van der Waals surface area contributed by atoms with Gasteiger partial charge in [0, 0.05) is 11.3 Å². The first-order chi connectivity index (χ1) is 12.6. The van der Waals surface area contributed by atoms with Crippen molar-refractivity contribution in [3.63, 3.8) is 0 Å².